The van der Waals surface area contributed by atoms with E-state index in [2.05, 4.69) is 51.3 Å². The van der Waals surface area contributed by atoms with E-state index in [1.54, 1.807) is 0 Å². The Kier molecular flexibility index (Phi) is 5.02. The molecule has 1 aromatic heterocycles. The molecule has 0 bridgehead atoms. The highest BCUT2D eigenvalue weighted by molar-refractivity contribution is 5.82. The molecule has 0 aliphatic carbocycles. The maximum atomic E-state index is 12.8. The predicted octanol–water partition coefficient (Wildman–Crippen LogP) is 2.11. The Hall–Kier alpha value is -2.21. The first-order valence-electron chi connectivity index (χ1n) is 9.71. The SMILES string of the molecule is C[C@H]1CN(C(=O)[C@@H]2CCCCN2)Cc2nnc(CCc3ccccc3)n21. The number of aryl methyl sites for hydroxylation is 2. The normalized spacial score (nSPS) is 22.9. The Morgan fingerprint density at radius 3 is 2.81 bits per heavy atom. The Morgan fingerprint density at radius 2 is 2.04 bits per heavy atom. The van der Waals surface area contributed by atoms with E-state index in [-0.39, 0.29) is 18.0 Å². The Bertz CT molecular complexity index is 751. The summed E-state index contributed by atoms with van der Waals surface area (Å²) in [5.74, 6) is 2.16. The molecule has 2 aromatic rings. The van der Waals surface area contributed by atoms with E-state index in [1.807, 2.05) is 11.0 Å². The van der Waals surface area contributed by atoms with Gasteiger partial charge in [-0.3, -0.25) is 4.79 Å². The van der Waals surface area contributed by atoms with Crippen molar-refractivity contribution in [1.82, 2.24) is 25.0 Å². The average molecular weight is 353 g/mol. The molecule has 138 valence electrons. The Labute approximate surface area is 154 Å². The summed E-state index contributed by atoms with van der Waals surface area (Å²) in [6, 6.07) is 10.7. The van der Waals surface area contributed by atoms with Gasteiger partial charge < -0.3 is 14.8 Å². The molecule has 6 heteroatoms. The average Bonchev–Trinajstić information content (AvgIpc) is 3.11. The fourth-order valence-electron chi connectivity index (χ4n) is 4.14. The van der Waals surface area contributed by atoms with Crippen LogP contribution in [0.2, 0.25) is 0 Å². The van der Waals surface area contributed by atoms with Gasteiger partial charge in [0.25, 0.3) is 0 Å². The fourth-order valence-corrected chi connectivity index (χ4v) is 4.14. The van der Waals surface area contributed by atoms with Gasteiger partial charge in [0.2, 0.25) is 5.91 Å². The van der Waals surface area contributed by atoms with Crippen LogP contribution in [-0.2, 0) is 24.2 Å². The van der Waals surface area contributed by atoms with Crippen LogP contribution in [0.25, 0.3) is 0 Å². The van der Waals surface area contributed by atoms with E-state index in [0.717, 1.165) is 50.4 Å². The van der Waals surface area contributed by atoms with E-state index in [1.165, 1.54) is 12.0 Å². The van der Waals surface area contributed by atoms with Crippen LogP contribution in [0.3, 0.4) is 0 Å². The van der Waals surface area contributed by atoms with Crippen LogP contribution in [0, 0.1) is 0 Å². The van der Waals surface area contributed by atoms with Crippen molar-refractivity contribution in [1.29, 1.82) is 0 Å². The van der Waals surface area contributed by atoms with Gasteiger partial charge >= 0.3 is 0 Å². The highest BCUT2D eigenvalue weighted by atomic mass is 16.2. The van der Waals surface area contributed by atoms with Crippen LogP contribution in [-0.4, -0.2) is 44.7 Å². The molecule has 0 saturated carbocycles. The minimum atomic E-state index is -0.0250. The summed E-state index contributed by atoms with van der Waals surface area (Å²) >= 11 is 0. The van der Waals surface area contributed by atoms with Gasteiger partial charge in [0.15, 0.2) is 5.82 Å². The molecule has 1 fully saturated rings. The quantitative estimate of drug-likeness (QED) is 0.914. The number of piperidine rings is 1. The van der Waals surface area contributed by atoms with Gasteiger partial charge in [0, 0.05) is 13.0 Å². The topological polar surface area (TPSA) is 63.1 Å². The lowest BCUT2D eigenvalue weighted by Crippen LogP contribution is -2.51. The third-order valence-electron chi connectivity index (χ3n) is 5.49. The molecule has 0 unspecified atom stereocenters. The molecule has 3 heterocycles. The van der Waals surface area contributed by atoms with E-state index >= 15 is 0 Å². The van der Waals surface area contributed by atoms with E-state index < -0.39 is 0 Å². The van der Waals surface area contributed by atoms with Crippen LogP contribution in [0.4, 0.5) is 0 Å². The number of nitrogens with one attached hydrogen (secondary N) is 1. The summed E-state index contributed by atoms with van der Waals surface area (Å²) in [6.07, 6.45) is 5.07. The van der Waals surface area contributed by atoms with Crippen molar-refractivity contribution in [2.75, 3.05) is 13.1 Å². The minimum absolute atomic E-state index is 0.0250. The molecule has 1 N–H and O–H groups in total. The number of carbonyl (C=O) groups is 1. The first-order chi connectivity index (χ1) is 12.7. The molecule has 2 atom stereocenters. The molecule has 4 rings (SSSR count). The molecule has 26 heavy (non-hydrogen) atoms. The number of amides is 1. The molecule has 6 nitrogen and oxygen atoms in total. The first kappa shape index (κ1) is 17.2. The fraction of sp³-hybridized carbons (Fsp3) is 0.550. The summed E-state index contributed by atoms with van der Waals surface area (Å²) in [5, 5.41) is 12.2. The number of benzene rings is 1. The number of fused-ring (bicyclic) bond motifs is 1. The maximum Gasteiger partial charge on any atom is 0.240 e. The van der Waals surface area contributed by atoms with Crippen molar-refractivity contribution < 1.29 is 4.79 Å². The lowest BCUT2D eigenvalue weighted by atomic mass is 10.0. The van der Waals surface area contributed by atoms with Crippen molar-refractivity contribution in [3.05, 3.63) is 47.5 Å². The molecule has 1 aromatic carbocycles. The zero-order valence-electron chi connectivity index (χ0n) is 15.4. The van der Waals surface area contributed by atoms with Crippen LogP contribution in [0.1, 0.15) is 49.4 Å². The summed E-state index contributed by atoms with van der Waals surface area (Å²) in [5.41, 5.74) is 1.31. The zero-order valence-corrected chi connectivity index (χ0v) is 15.4. The van der Waals surface area contributed by atoms with Crippen molar-refractivity contribution in [2.24, 2.45) is 0 Å². The summed E-state index contributed by atoms with van der Waals surface area (Å²) in [6.45, 7) is 4.41. The Balaban J connectivity index is 1.44. The second-order valence-electron chi connectivity index (χ2n) is 7.46. The van der Waals surface area contributed by atoms with E-state index in [4.69, 9.17) is 0 Å². The number of hydrogen-bond donors (Lipinski definition) is 1. The van der Waals surface area contributed by atoms with Gasteiger partial charge in [-0.1, -0.05) is 36.8 Å². The number of nitrogens with zero attached hydrogens (tertiary/aromatic N) is 4. The molecule has 1 amide bonds. The van der Waals surface area contributed by atoms with Gasteiger partial charge in [-0.25, -0.2) is 0 Å². The summed E-state index contributed by atoms with van der Waals surface area (Å²) < 4.78 is 2.24. The van der Waals surface area contributed by atoms with Crippen LogP contribution in [0.15, 0.2) is 30.3 Å². The van der Waals surface area contributed by atoms with Crippen molar-refractivity contribution >= 4 is 5.91 Å². The molecule has 2 aliphatic rings. The maximum absolute atomic E-state index is 12.8. The van der Waals surface area contributed by atoms with E-state index in [9.17, 15) is 4.79 Å². The van der Waals surface area contributed by atoms with Gasteiger partial charge in [-0.05, 0) is 38.3 Å². The zero-order chi connectivity index (χ0) is 17.9. The number of hydrogen-bond acceptors (Lipinski definition) is 4. The summed E-state index contributed by atoms with van der Waals surface area (Å²) in [4.78, 5) is 14.8. The second kappa shape index (κ2) is 7.58. The molecular weight excluding hydrogens is 326 g/mol. The van der Waals surface area contributed by atoms with Crippen LogP contribution >= 0.6 is 0 Å². The van der Waals surface area contributed by atoms with Crippen molar-refractivity contribution in [3.63, 3.8) is 0 Å². The number of rotatable bonds is 4. The highest BCUT2D eigenvalue weighted by Crippen LogP contribution is 2.24. The van der Waals surface area contributed by atoms with Crippen molar-refractivity contribution in [2.45, 2.75) is 57.7 Å². The van der Waals surface area contributed by atoms with Gasteiger partial charge in [-0.2, -0.15) is 0 Å². The second-order valence-corrected chi connectivity index (χ2v) is 7.46. The first-order valence-corrected chi connectivity index (χ1v) is 9.71. The molecule has 2 aliphatic heterocycles. The number of aromatic nitrogens is 3. The van der Waals surface area contributed by atoms with Gasteiger partial charge in [-0.15, -0.1) is 10.2 Å². The van der Waals surface area contributed by atoms with Gasteiger partial charge in [0.1, 0.15) is 5.82 Å². The minimum Gasteiger partial charge on any atom is -0.332 e. The third kappa shape index (κ3) is 3.51. The van der Waals surface area contributed by atoms with Crippen molar-refractivity contribution in [3.8, 4) is 0 Å². The van der Waals surface area contributed by atoms with Crippen LogP contribution < -0.4 is 5.32 Å². The standard InChI is InChI=1S/C20H27N5O/c1-15-13-24(20(26)17-9-5-6-12-21-17)14-19-23-22-18(25(15)19)11-10-16-7-3-2-4-8-16/h2-4,7-8,15,17,21H,5-6,9-14H2,1H3/t15-,17-/m0/s1. The predicted molar refractivity (Wildman–Crippen MR) is 99.6 cm³/mol. The molecule has 1 saturated heterocycles. The highest BCUT2D eigenvalue weighted by Gasteiger charge is 2.32. The van der Waals surface area contributed by atoms with Gasteiger partial charge in [0.05, 0.1) is 18.6 Å². The lowest BCUT2D eigenvalue weighted by molar-refractivity contribution is -0.136. The molecule has 0 radical (unpaired) electrons. The monoisotopic (exact) mass is 353 g/mol. The lowest BCUT2D eigenvalue weighted by Gasteiger charge is -2.35. The number of carbonyl (C=O) groups excluding carboxylic acids is 1. The molecule has 0 spiro atoms. The largest absolute Gasteiger partial charge is 0.332 e. The smallest absolute Gasteiger partial charge is 0.240 e. The molecular formula is C20H27N5O. The van der Waals surface area contributed by atoms with E-state index in [0.29, 0.717) is 6.54 Å². The third-order valence-corrected chi connectivity index (χ3v) is 5.49. The summed E-state index contributed by atoms with van der Waals surface area (Å²) in [7, 11) is 0. The van der Waals surface area contributed by atoms with Crippen LogP contribution in [0.5, 0.6) is 0 Å². The Morgan fingerprint density at radius 1 is 1.19 bits per heavy atom.